The molecule has 0 aromatic heterocycles. The van der Waals surface area contributed by atoms with Gasteiger partial charge in [0.25, 0.3) is 0 Å². The molecule has 0 saturated carbocycles. The Labute approximate surface area is 277 Å². The summed E-state index contributed by atoms with van der Waals surface area (Å²) in [7, 11) is 0. The third kappa shape index (κ3) is 13.1. The van der Waals surface area contributed by atoms with E-state index in [4.69, 9.17) is 30.4 Å². The van der Waals surface area contributed by atoms with Crippen molar-refractivity contribution < 1.29 is 28.5 Å². The van der Waals surface area contributed by atoms with E-state index in [0.29, 0.717) is 30.5 Å². The quantitative estimate of drug-likeness (QED) is 0.0598. The molecule has 4 N–H and O–H groups in total. The lowest BCUT2D eigenvalue weighted by molar-refractivity contribution is 0.0814. The van der Waals surface area contributed by atoms with Crippen molar-refractivity contribution in [3.8, 4) is 23.0 Å². The number of hydrogen-bond acceptors (Lipinski definition) is 8. The Balaban J connectivity index is 2.49. The number of unbranched alkanes of at least 4 members (excludes halogenated alkanes) is 10. The molecule has 8 heteroatoms. The molecule has 0 atom stereocenters. The van der Waals surface area contributed by atoms with Crippen LogP contribution in [-0.2, 0) is 0 Å². The molecule has 0 fully saturated rings. The molecule has 0 heterocycles. The average Bonchev–Trinajstić information content (AvgIpc) is 2.95. The summed E-state index contributed by atoms with van der Waals surface area (Å²) >= 11 is 0. The van der Waals surface area contributed by atoms with Gasteiger partial charge in [0.1, 0.15) is 17.0 Å². The maximum atomic E-state index is 14.0. The number of benzene rings is 2. The van der Waals surface area contributed by atoms with Crippen LogP contribution < -0.4 is 30.4 Å². The lowest BCUT2D eigenvalue weighted by Crippen LogP contribution is -2.25. The number of rotatable bonds is 21. The Morgan fingerprint density at radius 3 is 1.61 bits per heavy atom. The summed E-state index contributed by atoms with van der Waals surface area (Å²) in [6.45, 7) is 16.7. The number of carbonyl (C=O) groups excluding carboxylic acids is 2. The van der Waals surface area contributed by atoms with Crippen LogP contribution in [0.15, 0.2) is 24.3 Å². The van der Waals surface area contributed by atoms with E-state index in [1.807, 2.05) is 41.5 Å². The van der Waals surface area contributed by atoms with E-state index >= 15 is 0 Å². The zero-order valence-corrected chi connectivity index (χ0v) is 29.8. The van der Waals surface area contributed by atoms with Crippen LogP contribution in [0.5, 0.6) is 23.0 Å². The van der Waals surface area contributed by atoms with Gasteiger partial charge in [0.15, 0.2) is 11.5 Å². The topological polar surface area (TPSA) is 123 Å². The highest BCUT2D eigenvalue weighted by Gasteiger charge is 2.32. The predicted octanol–water partition coefficient (Wildman–Crippen LogP) is 9.75. The van der Waals surface area contributed by atoms with Gasteiger partial charge in [0.2, 0.25) is 17.3 Å². The van der Waals surface area contributed by atoms with Crippen molar-refractivity contribution in [2.75, 3.05) is 24.7 Å². The molecule has 2 aromatic rings. The van der Waals surface area contributed by atoms with Crippen molar-refractivity contribution in [1.82, 2.24) is 0 Å². The highest BCUT2D eigenvalue weighted by atomic mass is 16.5. The molecule has 0 aliphatic rings. The summed E-state index contributed by atoms with van der Waals surface area (Å²) in [5.41, 5.74) is 12.0. The lowest BCUT2D eigenvalue weighted by Gasteiger charge is -2.26. The number of ether oxygens (including phenoxy) is 4. The van der Waals surface area contributed by atoms with E-state index in [-0.39, 0.29) is 28.3 Å². The zero-order valence-electron chi connectivity index (χ0n) is 29.8. The summed E-state index contributed by atoms with van der Waals surface area (Å²) in [5.74, 6) is -0.294. The van der Waals surface area contributed by atoms with Gasteiger partial charge in [0, 0.05) is 23.4 Å². The third-order valence-electron chi connectivity index (χ3n) is 7.26. The lowest BCUT2D eigenvalue weighted by atomic mass is 9.97. The molecule has 0 aliphatic heterocycles. The SMILES string of the molecule is CCCCCCCCOc1c(OC(C)(C)C)cc(N)c(C(=O)C(=O)c2ccc(OC(C)(C)C)cc2N)c1OCCCCCCCC. The second-order valence-electron chi connectivity index (χ2n) is 14.1. The Morgan fingerprint density at radius 2 is 1.11 bits per heavy atom. The van der Waals surface area contributed by atoms with Crippen LogP contribution in [0.2, 0.25) is 0 Å². The van der Waals surface area contributed by atoms with E-state index in [1.54, 1.807) is 18.2 Å². The smallest absolute Gasteiger partial charge is 0.239 e. The Kier molecular flexibility index (Phi) is 15.7. The van der Waals surface area contributed by atoms with Gasteiger partial charge in [-0.05, 0) is 66.5 Å². The molecule has 258 valence electrons. The van der Waals surface area contributed by atoms with E-state index in [0.717, 1.165) is 38.5 Å². The normalized spacial score (nSPS) is 11.7. The van der Waals surface area contributed by atoms with E-state index in [2.05, 4.69) is 13.8 Å². The molecular formula is C38H60N2O6. The van der Waals surface area contributed by atoms with Crippen LogP contribution in [-0.4, -0.2) is 36.0 Å². The first-order valence-electron chi connectivity index (χ1n) is 17.3. The van der Waals surface area contributed by atoms with Gasteiger partial charge in [-0.1, -0.05) is 78.1 Å². The van der Waals surface area contributed by atoms with Gasteiger partial charge >= 0.3 is 0 Å². The largest absolute Gasteiger partial charge is 0.489 e. The maximum absolute atomic E-state index is 14.0. The van der Waals surface area contributed by atoms with E-state index < -0.39 is 22.8 Å². The van der Waals surface area contributed by atoms with Crippen molar-refractivity contribution in [3.63, 3.8) is 0 Å². The molecule has 0 spiro atoms. The minimum Gasteiger partial charge on any atom is -0.489 e. The van der Waals surface area contributed by atoms with Gasteiger partial charge in [-0.2, -0.15) is 0 Å². The predicted molar refractivity (Wildman–Crippen MR) is 189 cm³/mol. The number of Topliss-reactive ketones (excluding diaryl/α,β-unsaturated/α-hetero) is 2. The van der Waals surface area contributed by atoms with Gasteiger partial charge < -0.3 is 30.4 Å². The summed E-state index contributed by atoms with van der Waals surface area (Å²) in [6, 6.07) is 6.26. The summed E-state index contributed by atoms with van der Waals surface area (Å²) in [5, 5.41) is 0. The van der Waals surface area contributed by atoms with Crippen molar-refractivity contribution in [3.05, 3.63) is 35.4 Å². The summed E-state index contributed by atoms with van der Waals surface area (Å²) < 4.78 is 24.8. The molecule has 2 rings (SSSR count). The zero-order chi connectivity index (χ0) is 34.3. The van der Waals surface area contributed by atoms with Gasteiger partial charge in [-0.25, -0.2) is 0 Å². The molecule has 0 saturated heterocycles. The van der Waals surface area contributed by atoms with E-state index in [9.17, 15) is 9.59 Å². The van der Waals surface area contributed by atoms with Gasteiger partial charge in [-0.3, -0.25) is 9.59 Å². The van der Waals surface area contributed by atoms with Crippen LogP contribution in [0, 0.1) is 0 Å². The fourth-order valence-electron chi connectivity index (χ4n) is 5.06. The first kappa shape index (κ1) is 38.8. The first-order valence-corrected chi connectivity index (χ1v) is 17.3. The van der Waals surface area contributed by atoms with Gasteiger partial charge in [-0.15, -0.1) is 0 Å². The Bertz CT molecular complexity index is 1260. The molecule has 0 aliphatic carbocycles. The van der Waals surface area contributed by atoms with Crippen molar-refractivity contribution >= 4 is 22.9 Å². The fraction of sp³-hybridized carbons (Fsp3) is 0.632. The second kappa shape index (κ2) is 18.7. The number of ketones is 2. The number of carbonyl (C=O) groups is 2. The van der Waals surface area contributed by atoms with Crippen molar-refractivity contribution in [1.29, 1.82) is 0 Å². The Morgan fingerprint density at radius 1 is 0.609 bits per heavy atom. The molecule has 46 heavy (non-hydrogen) atoms. The highest BCUT2D eigenvalue weighted by Crippen LogP contribution is 2.46. The summed E-state index contributed by atoms with van der Waals surface area (Å²) in [6.07, 6.45) is 13.0. The highest BCUT2D eigenvalue weighted by molar-refractivity contribution is 6.51. The van der Waals surface area contributed by atoms with Crippen LogP contribution in [0.25, 0.3) is 0 Å². The number of hydrogen-bond donors (Lipinski definition) is 2. The van der Waals surface area contributed by atoms with Crippen molar-refractivity contribution in [2.45, 2.75) is 144 Å². The first-order chi connectivity index (χ1) is 21.7. The molecule has 0 unspecified atom stereocenters. The van der Waals surface area contributed by atoms with Crippen LogP contribution >= 0.6 is 0 Å². The number of nitrogens with two attached hydrogens (primary N) is 2. The third-order valence-corrected chi connectivity index (χ3v) is 7.26. The standard InChI is InChI=1S/C38H60N2O6/c1-9-11-13-15-17-19-23-43-35-31(46-38(6,7)8)26-30(40)32(36(35)44-24-20-18-16-14-12-10-2)34(42)33(41)28-22-21-27(25-29(28)39)45-37(3,4)5/h21-22,25-26H,9-20,23-24,39-40H2,1-8H3. The monoisotopic (exact) mass is 640 g/mol. The van der Waals surface area contributed by atoms with Gasteiger partial charge in [0.05, 0.1) is 24.5 Å². The fourth-order valence-corrected chi connectivity index (χ4v) is 5.06. The summed E-state index contributed by atoms with van der Waals surface area (Å²) in [4.78, 5) is 27.7. The van der Waals surface area contributed by atoms with Crippen LogP contribution in [0.1, 0.15) is 153 Å². The van der Waals surface area contributed by atoms with Crippen molar-refractivity contribution in [2.24, 2.45) is 0 Å². The minimum atomic E-state index is -0.821. The van der Waals surface area contributed by atoms with Crippen LogP contribution in [0.3, 0.4) is 0 Å². The molecule has 0 amide bonds. The molecule has 0 bridgehead atoms. The number of anilines is 2. The number of nitrogen functional groups attached to an aromatic ring is 2. The molecule has 8 nitrogen and oxygen atoms in total. The molecule has 2 aromatic carbocycles. The Hall–Kier alpha value is -3.42. The van der Waals surface area contributed by atoms with E-state index in [1.165, 1.54) is 44.6 Å². The maximum Gasteiger partial charge on any atom is 0.239 e. The average molecular weight is 641 g/mol. The minimum absolute atomic E-state index is 0.0374. The van der Waals surface area contributed by atoms with Crippen LogP contribution in [0.4, 0.5) is 11.4 Å². The molecule has 0 radical (unpaired) electrons. The molecular weight excluding hydrogens is 580 g/mol. The second-order valence-corrected chi connectivity index (χ2v) is 14.1.